The third-order valence-electron chi connectivity index (χ3n) is 4.98. The fraction of sp³-hybridized carbons (Fsp3) is 0.250. The number of aliphatic hydroxyl groups excluding tert-OH is 1. The van der Waals surface area contributed by atoms with E-state index in [-0.39, 0.29) is 18.4 Å². The van der Waals surface area contributed by atoms with Gasteiger partial charge in [0.15, 0.2) is 6.10 Å². The van der Waals surface area contributed by atoms with Gasteiger partial charge < -0.3 is 15.3 Å². The highest BCUT2D eigenvalue weighted by Gasteiger charge is 2.34. The highest BCUT2D eigenvalue weighted by Crippen LogP contribution is 2.25. The molecule has 0 spiro atoms. The molecule has 2 amide bonds. The zero-order valence-corrected chi connectivity index (χ0v) is 15.7. The number of nitrogens with zero attached hydrogens (tertiary/aromatic N) is 2. The lowest BCUT2D eigenvalue weighted by Gasteiger charge is -2.20. The third-order valence-corrected chi connectivity index (χ3v) is 5.21. The minimum Gasteiger partial charge on any atom is -0.378 e. The molecule has 8 heteroatoms. The maximum Gasteiger partial charge on any atom is 0.256 e. The molecule has 1 aliphatic rings. The highest BCUT2D eigenvalue weighted by molar-refractivity contribution is 6.30. The molecule has 0 saturated carbocycles. The maximum absolute atomic E-state index is 12.6. The largest absolute Gasteiger partial charge is 0.378 e. The molecule has 1 fully saturated rings. The van der Waals surface area contributed by atoms with Crippen LogP contribution in [0.5, 0.6) is 0 Å². The first-order valence-corrected chi connectivity index (χ1v) is 9.35. The first-order chi connectivity index (χ1) is 13.5. The summed E-state index contributed by atoms with van der Waals surface area (Å²) in [7, 11) is 0. The summed E-state index contributed by atoms with van der Waals surface area (Å²) in [4.78, 5) is 26.7. The number of carbonyl (C=O) groups excluding carboxylic acids is 2. The predicted molar refractivity (Wildman–Crippen MR) is 106 cm³/mol. The third kappa shape index (κ3) is 3.72. The molecule has 1 saturated heterocycles. The molecule has 3 aromatic rings. The highest BCUT2D eigenvalue weighted by atomic mass is 35.5. The van der Waals surface area contributed by atoms with Crippen LogP contribution in [0.3, 0.4) is 0 Å². The number of H-pyrrole nitrogens is 1. The summed E-state index contributed by atoms with van der Waals surface area (Å²) in [5.41, 5.74) is 2.02. The van der Waals surface area contributed by atoms with E-state index in [9.17, 15) is 14.7 Å². The number of nitrogens with one attached hydrogen (secondary N) is 2. The van der Waals surface area contributed by atoms with Gasteiger partial charge in [0, 0.05) is 29.2 Å². The van der Waals surface area contributed by atoms with Gasteiger partial charge in [0.2, 0.25) is 5.91 Å². The molecule has 2 heterocycles. The van der Waals surface area contributed by atoms with Gasteiger partial charge in [0.05, 0.1) is 17.6 Å². The van der Waals surface area contributed by atoms with Gasteiger partial charge >= 0.3 is 0 Å². The van der Waals surface area contributed by atoms with Crippen molar-refractivity contribution < 1.29 is 14.7 Å². The second kappa shape index (κ2) is 7.61. The number of rotatable bonds is 4. The molecule has 0 bridgehead atoms. The fourth-order valence-corrected chi connectivity index (χ4v) is 3.63. The van der Waals surface area contributed by atoms with Crippen LogP contribution in [0.1, 0.15) is 18.1 Å². The average molecular weight is 399 g/mol. The number of hydrogen-bond acceptors (Lipinski definition) is 4. The molecule has 0 radical (unpaired) electrons. The Morgan fingerprint density at radius 1 is 1.29 bits per heavy atom. The van der Waals surface area contributed by atoms with E-state index in [1.807, 2.05) is 12.1 Å². The standard InChI is InChI=1S/C20H19ClN4O3/c21-15-3-1-2-12(8-15)18(26)20(28)25-7-6-13(11-25)19(27)23-16-4-5-17-14(9-16)10-22-24-17/h1-5,8-10,13,18,26H,6-7,11H2,(H,22,24)(H,23,27)/t13?,18-/m1/s1. The molecule has 1 aromatic heterocycles. The smallest absolute Gasteiger partial charge is 0.256 e. The van der Waals surface area contributed by atoms with E-state index in [0.717, 1.165) is 10.9 Å². The van der Waals surface area contributed by atoms with Crippen LogP contribution in [0.15, 0.2) is 48.7 Å². The van der Waals surface area contributed by atoms with Crippen LogP contribution in [0.25, 0.3) is 10.9 Å². The first-order valence-electron chi connectivity index (χ1n) is 8.97. The quantitative estimate of drug-likeness (QED) is 0.629. The minimum absolute atomic E-state index is 0.143. The number of aromatic amines is 1. The van der Waals surface area contributed by atoms with Crippen LogP contribution in [-0.2, 0) is 9.59 Å². The van der Waals surface area contributed by atoms with Crippen LogP contribution < -0.4 is 5.32 Å². The molecule has 3 N–H and O–H groups in total. The molecular formula is C20H19ClN4O3. The zero-order chi connectivity index (χ0) is 19.7. The zero-order valence-electron chi connectivity index (χ0n) is 14.9. The van der Waals surface area contributed by atoms with E-state index in [1.165, 1.54) is 4.90 Å². The molecule has 1 unspecified atom stereocenters. The summed E-state index contributed by atoms with van der Waals surface area (Å²) in [6.07, 6.45) is 0.954. The Labute approximate surface area is 166 Å². The molecule has 2 aromatic carbocycles. The SMILES string of the molecule is O=C(Nc1ccc2[nH]ncc2c1)C1CCN(C(=O)[C@H](O)c2cccc(Cl)c2)C1. The fourth-order valence-electron chi connectivity index (χ4n) is 3.43. The summed E-state index contributed by atoms with van der Waals surface area (Å²) in [6.45, 7) is 0.700. The van der Waals surface area contributed by atoms with E-state index < -0.39 is 12.0 Å². The molecule has 4 rings (SSSR count). The monoisotopic (exact) mass is 398 g/mol. The number of aliphatic hydroxyl groups is 1. The Hall–Kier alpha value is -2.90. The van der Waals surface area contributed by atoms with Crippen molar-refractivity contribution in [1.82, 2.24) is 15.1 Å². The van der Waals surface area contributed by atoms with Crippen LogP contribution in [0.4, 0.5) is 5.69 Å². The van der Waals surface area contributed by atoms with E-state index in [4.69, 9.17) is 11.6 Å². The number of anilines is 1. The second-order valence-corrected chi connectivity index (χ2v) is 7.33. The Bertz CT molecular complexity index is 1030. The average Bonchev–Trinajstić information content (AvgIpc) is 3.36. The molecule has 28 heavy (non-hydrogen) atoms. The molecule has 7 nitrogen and oxygen atoms in total. The van der Waals surface area contributed by atoms with Gasteiger partial charge in [-0.15, -0.1) is 0 Å². The van der Waals surface area contributed by atoms with Crippen LogP contribution in [-0.4, -0.2) is 45.1 Å². The molecule has 0 aliphatic carbocycles. The van der Waals surface area contributed by atoms with Crippen molar-refractivity contribution in [1.29, 1.82) is 0 Å². The van der Waals surface area contributed by atoms with Gasteiger partial charge in [-0.1, -0.05) is 23.7 Å². The predicted octanol–water partition coefficient (Wildman–Crippen LogP) is 2.74. The Morgan fingerprint density at radius 2 is 2.14 bits per heavy atom. The molecule has 144 valence electrons. The van der Waals surface area contributed by atoms with Crippen molar-refractivity contribution in [3.05, 3.63) is 59.2 Å². The number of hydrogen-bond donors (Lipinski definition) is 3. The maximum atomic E-state index is 12.6. The molecule has 1 aliphatic heterocycles. The van der Waals surface area contributed by atoms with Crippen molar-refractivity contribution in [3.63, 3.8) is 0 Å². The van der Waals surface area contributed by atoms with Crippen LogP contribution in [0.2, 0.25) is 5.02 Å². The van der Waals surface area contributed by atoms with Crippen molar-refractivity contribution in [2.24, 2.45) is 5.92 Å². The number of likely N-dealkylation sites (tertiary alicyclic amines) is 1. The van der Waals surface area contributed by atoms with Crippen molar-refractivity contribution in [2.45, 2.75) is 12.5 Å². The van der Waals surface area contributed by atoms with E-state index in [0.29, 0.717) is 29.2 Å². The number of aromatic nitrogens is 2. The minimum atomic E-state index is -1.29. The number of fused-ring (bicyclic) bond motifs is 1. The van der Waals surface area contributed by atoms with Gasteiger partial charge in [0.1, 0.15) is 0 Å². The number of carbonyl (C=O) groups is 2. The second-order valence-electron chi connectivity index (χ2n) is 6.89. The Kier molecular flexibility index (Phi) is 5.02. The summed E-state index contributed by atoms with van der Waals surface area (Å²) < 4.78 is 0. The molecular weight excluding hydrogens is 380 g/mol. The summed E-state index contributed by atoms with van der Waals surface area (Å²) in [6, 6.07) is 12.1. The van der Waals surface area contributed by atoms with Gasteiger partial charge in [-0.3, -0.25) is 14.7 Å². The summed E-state index contributed by atoms with van der Waals surface area (Å²) in [5.74, 6) is -0.886. The van der Waals surface area contributed by atoms with Gasteiger partial charge in [0.25, 0.3) is 5.91 Å². The van der Waals surface area contributed by atoms with E-state index in [2.05, 4.69) is 15.5 Å². The Morgan fingerprint density at radius 3 is 2.96 bits per heavy atom. The van der Waals surface area contributed by atoms with Crippen LogP contribution in [0, 0.1) is 5.92 Å². The summed E-state index contributed by atoms with van der Waals surface area (Å²) in [5, 5.41) is 21.4. The molecule has 2 atom stereocenters. The normalized spacial score (nSPS) is 17.6. The first kappa shape index (κ1) is 18.5. The number of amides is 2. The van der Waals surface area contributed by atoms with Crippen molar-refractivity contribution in [3.8, 4) is 0 Å². The summed E-state index contributed by atoms with van der Waals surface area (Å²) >= 11 is 5.93. The van der Waals surface area contributed by atoms with E-state index in [1.54, 1.807) is 36.5 Å². The van der Waals surface area contributed by atoms with Gasteiger partial charge in [-0.2, -0.15) is 5.10 Å². The lowest BCUT2D eigenvalue weighted by Crippen LogP contribution is -2.35. The number of benzene rings is 2. The van der Waals surface area contributed by atoms with E-state index >= 15 is 0 Å². The Balaban J connectivity index is 1.38. The lowest BCUT2D eigenvalue weighted by molar-refractivity contribution is -0.139. The number of halogens is 1. The van der Waals surface area contributed by atoms with Gasteiger partial charge in [-0.25, -0.2) is 0 Å². The van der Waals surface area contributed by atoms with Gasteiger partial charge in [-0.05, 0) is 42.3 Å². The van der Waals surface area contributed by atoms with Crippen LogP contribution >= 0.6 is 11.6 Å². The van der Waals surface area contributed by atoms with Crippen molar-refractivity contribution in [2.75, 3.05) is 18.4 Å². The lowest BCUT2D eigenvalue weighted by atomic mass is 10.1. The topological polar surface area (TPSA) is 98.3 Å². The van der Waals surface area contributed by atoms with Crippen molar-refractivity contribution >= 4 is 40.0 Å².